The monoisotopic (exact) mass is 569 g/mol. The summed E-state index contributed by atoms with van der Waals surface area (Å²) in [5.74, 6) is -0.0761. The lowest BCUT2D eigenvalue weighted by molar-refractivity contribution is -0.149. The summed E-state index contributed by atoms with van der Waals surface area (Å²) >= 11 is 0. The zero-order valence-corrected chi connectivity index (χ0v) is 25.0. The standard InChI is InChI=1S/C35H43N3O4/c1-4-42-35(41)28-16-18-36(19-17-28)34(40)31-14-8-12-29(20-31)33(30-13-9-15-32(39)21-30)38-23-25(2)37(22-26(38)3)24-27-10-6-5-7-11-27/h5-15,20-21,25-26,28,33,39H,4,16-19,22-24H2,1-3H3/t25-,26+,33?/m1/s1. The van der Waals surface area contributed by atoms with Crippen LogP contribution in [0.2, 0.25) is 0 Å². The van der Waals surface area contributed by atoms with Crippen LogP contribution in [-0.4, -0.2) is 76.6 Å². The van der Waals surface area contributed by atoms with Crippen LogP contribution in [-0.2, 0) is 16.1 Å². The van der Waals surface area contributed by atoms with Crippen molar-refractivity contribution in [1.82, 2.24) is 14.7 Å². The molecule has 0 radical (unpaired) electrons. The maximum Gasteiger partial charge on any atom is 0.309 e. The first-order valence-electron chi connectivity index (χ1n) is 15.2. The van der Waals surface area contributed by atoms with E-state index in [4.69, 9.17) is 4.74 Å². The van der Waals surface area contributed by atoms with Crippen LogP contribution >= 0.6 is 0 Å². The fourth-order valence-electron chi connectivity index (χ4n) is 6.50. The van der Waals surface area contributed by atoms with Gasteiger partial charge in [0, 0.05) is 50.4 Å². The van der Waals surface area contributed by atoms with E-state index >= 15 is 0 Å². The summed E-state index contributed by atoms with van der Waals surface area (Å²) in [7, 11) is 0. The van der Waals surface area contributed by atoms with E-state index in [-0.39, 0.29) is 35.6 Å². The van der Waals surface area contributed by atoms with Gasteiger partial charge in [-0.1, -0.05) is 54.6 Å². The molecule has 2 aliphatic heterocycles. The van der Waals surface area contributed by atoms with Gasteiger partial charge in [0.1, 0.15) is 5.75 Å². The van der Waals surface area contributed by atoms with Crippen molar-refractivity contribution in [3.8, 4) is 5.75 Å². The van der Waals surface area contributed by atoms with Crippen molar-refractivity contribution in [2.24, 2.45) is 5.92 Å². The molecule has 0 spiro atoms. The van der Waals surface area contributed by atoms with Gasteiger partial charge in [0.15, 0.2) is 0 Å². The lowest BCUT2D eigenvalue weighted by Crippen LogP contribution is -2.56. The van der Waals surface area contributed by atoms with Gasteiger partial charge in [-0.25, -0.2) is 0 Å². The number of amides is 1. The number of ether oxygens (including phenoxy) is 1. The minimum absolute atomic E-state index is 0.0112. The topological polar surface area (TPSA) is 73.3 Å². The lowest BCUT2D eigenvalue weighted by atomic mass is 9.91. The Labute approximate surface area is 249 Å². The molecule has 2 heterocycles. The van der Waals surface area contributed by atoms with E-state index in [0.717, 1.165) is 30.8 Å². The molecule has 3 aromatic rings. The van der Waals surface area contributed by atoms with E-state index in [1.807, 2.05) is 42.2 Å². The zero-order valence-electron chi connectivity index (χ0n) is 25.0. The van der Waals surface area contributed by atoms with E-state index in [1.54, 1.807) is 6.07 Å². The number of nitrogens with zero attached hydrogens (tertiary/aromatic N) is 3. The summed E-state index contributed by atoms with van der Waals surface area (Å²) < 4.78 is 5.20. The highest BCUT2D eigenvalue weighted by Gasteiger charge is 2.35. The molecule has 7 heteroatoms. The third kappa shape index (κ3) is 6.85. The molecule has 2 saturated heterocycles. The van der Waals surface area contributed by atoms with Gasteiger partial charge in [0.05, 0.1) is 18.6 Å². The molecule has 1 N–H and O–H groups in total. The largest absolute Gasteiger partial charge is 0.508 e. The summed E-state index contributed by atoms with van der Waals surface area (Å²) in [6.07, 6.45) is 1.25. The quantitative estimate of drug-likeness (QED) is 0.362. The number of rotatable bonds is 8. The summed E-state index contributed by atoms with van der Waals surface area (Å²) in [5.41, 5.74) is 4.00. The molecule has 1 amide bonds. The number of piperidine rings is 1. The molecule has 222 valence electrons. The Kier molecular flexibility index (Phi) is 9.60. The maximum atomic E-state index is 13.6. The van der Waals surface area contributed by atoms with Gasteiger partial charge in [-0.15, -0.1) is 0 Å². The van der Waals surface area contributed by atoms with Gasteiger partial charge in [-0.05, 0) is 74.6 Å². The Morgan fingerprint density at radius 1 is 0.881 bits per heavy atom. The number of esters is 1. The SMILES string of the molecule is CCOC(=O)C1CCN(C(=O)c2cccc(C(c3cccc(O)c3)N3C[C@@H](C)N(Cc4ccccc4)C[C@@H]3C)c2)CC1. The first-order chi connectivity index (χ1) is 20.3. The van der Waals surface area contributed by atoms with Crippen molar-refractivity contribution in [3.63, 3.8) is 0 Å². The molecule has 0 aromatic heterocycles. The fraction of sp³-hybridized carbons (Fsp3) is 0.429. The number of carbonyl (C=O) groups excluding carboxylic acids is 2. The van der Waals surface area contributed by atoms with Gasteiger partial charge in [-0.2, -0.15) is 0 Å². The third-order valence-corrected chi connectivity index (χ3v) is 8.76. The lowest BCUT2D eigenvalue weighted by Gasteiger charge is -2.47. The number of hydrogen-bond donors (Lipinski definition) is 1. The van der Waals surface area contributed by atoms with Gasteiger partial charge >= 0.3 is 5.97 Å². The normalized spacial score (nSPS) is 21.2. The first kappa shape index (κ1) is 29.8. The van der Waals surface area contributed by atoms with Crippen molar-refractivity contribution in [2.45, 2.75) is 58.3 Å². The Morgan fingerprint density at radius 2 is 1.57 bits per heavy atom. The fourth-order valence-corrected chi connectivity index (χ4v) is 6.50. The molecule has 3 atom stereocenters. The minimum Gasteiger partial charge on any atom is -0.508 e. The molecule has 2 aliphatic rings. The first-order valence-corrected chi connectivity index (χ1v) is 15.2. The van der Waals surface area contributed by atoms with Gasteiger partial charge in [0.25, 0.3) is 5.91 Å². The van der Waals surface area contributed by atoms with E-state index < -0.39 is 0 Å². The van der Waals surface area contributed by atoms with E-state index in [0.29, 0.717) is 44.1 Å². The van der Waals surface area contributed by atoms with E-state index in [1.165, 1.54) is 5.56 Å². The van der Waals surface area contributed by atoms with Crippen molar-refractivity contribution in [3.05, 3.63) is 101 Å². The van der Waals surface area contributed by atoms with Crippen molar-refractivity contribution >= 4 is 11.9 Å². The predicted molar refractivity (Wildman–Crippen MR) is 164 cm³/mol. The zero-order chi connectivity index (χ0) is 29.6. The number of aromatic hydroxyl groups is 1. The molecular weight excluding hydrogens is 526 g/mol. The van der Waals surface area contributed by atoms with Crippen LogP contribution in [0, 0.1) is 5.92 Å². The highest BCUT2D eigenvalue weighted by molar-refractivity contribution is 5.94. The van der Waals surface area contributed by atoms with Crippen LogP contribution in [0.3, 0.4) is 0 Å². The molecule has 0 saturated carbocycles. The number of piperazine rings is 1. The summed E-state index contributed by atoms with van der Waals surface area (Å²) in [4.78, 5) is 32.7. The van der Waals surface area contributed by atoms with E-state index in [2.05, 4.69) is 66.1 Å². The number of benzene rings is 3. The Morgan fingerprint density at radius 3 is 2.26 bits per heavy atom. The molecular formula is C35H43N3O4. The highest BCUT2D eigenvalue weighted by Crippen LogP contribution is 2.35. The molecule has 0 aliphatic carbocycles. The second-order valence-corrected chi connectivity index (χ2v) is 11.8. The number of phenolic OH excluding ortho intramolecular Hbond substituents is 1. The highest BCUT2D eigenvalue weighted by atomic mass is 16.5. The van der Waals surface area contributed by atoms with Crippen LogP contribution in [0.4, 0.5) is 0 Å². The van der Waals surface area contributed by atoms with E-state index in [9.17, 15) is 14.7 Å². The third-order valence-electron chi connectivity index (χ3n) is 8.76. The number of carbonyl (C=O) groups is 2. The summed E-state index contributed by atoms with van der Waals surface area (Å²) in [6, 6.07) is 26.5. The molecule has 1 unspecified atom stereocenters. The minimum atomic E-state index is -0.159. The van der Waals surface area contributed by atoms with Crippen LogP contribution in [0.25, 0.3) is 0 Å². The molecule has 0 bridgehead atoms. The van der Waals surface area contributed by atoms with Crippen LogP contribution in [0.15, 0.2) is 78.9 Å². The smallest absolute Gasteiger partial charge is 0.309 e. The summed E-state index contributed by atoms with van der Waals surface area (Å²) in [5, 5.41) is 10.4. The number of phenols is 1. The Bertz CT molecular complexity index is 1360. The van der Waals surface area contributed by atoms with Crippen molar-refractivity contribution in [2.75, 3.05) is 32.8 Å². The molecule has 42 heavy (non-hydrogen) atoms. The van der Waals surface area contributed by atoms with Gasteiger partial charge < -0.3 is 14.7 Å². The molecule has 2 fully saturated rings. The Hall–Kier alpha value is -3.68. The molecule has 3 aromatic carbocycles. The average Bonchev–Trinajstić information content (AvgIpc) is 3.00. The molecule has 5 rings (SSSR count). The number of hydrogen-bond acceptors (Lipinski definition) is 6. The summed E-state index contributed by atoms with van der Waals surface area (Å²) in [6.45, 7) is 10.5. The second kappa shape index (κ2) is 13.5. The predicted octanol–water partition coefficient (Wildman–Crippen LogP) is 5.49. The maximum absolute atomic E-state index is 13.6. The molecule has 7 nitrogen and oxygen atoms in total. The van der Waals surface area contributed by atoms with Crippen molar-refractivity contribution < 1.29 is 19.4 Å². The Balaban J connectivity index is 1.37. The van der Waals surface area contributed by atoms with Crippen molar-refractivity contribution in [1.29, 1.82) is 0 Å². The number of likely N-dealkylation sites (tertiary alicyclic amines) is 1. The van der Waals surface area contributed by atoms with Gasteiger partial charge in [0.2, 0.25) is 0 Å². The second-order valence-electron chi connectivity index (χ2n) is 11.8. The van der Waals surface area contributed by atoms with Crippen LogP contribution in [0.5, 0.6) is 5.75 Å². The van der Waals surface area contributed by atoms with Crippen LogP contribution < -0.4 is 0 Å². The average molecular weight is 570 g/mol. The van der Waals surface area contributed by atoms with Gasteiger partial charge in [-0.3, -0.25) is 19.4 Å². The van der Waals surface area contributed by atoms with Crippen LogP contribution in [0.1, 0.15) is 66.7 Å².